The van der Waals surface area contributed by atoms with Crippen LogP contribution >= 0.6 is 15.9 Å². The van der Waals surface area contributed by atoms with E-state index in [0.717, 1.165) is 16.6 Å². The maximum atomic E-state index is 13.7. The summed E-state index contributed by atoms with van der Waals surface area (Å²) in [7, 11) is 1.69. The summed E-state index contributed by atoms with van der Waals surface area (Å²) >= 11 is 3.36. The van der Waals surface area contributed by atoms with Crippen molar-refractivity contribution < 1.29 is 9.13 Å². The van der Waals surface area contributed by atoms with Gasteiger partial charge in [0.15, 0.2) is 0 Å². The third-order valence-corrected chi connectivity index (χ3v) is 3.56. The molecule has 2 aromatic rings. The molecule has 20 heavy (non-hydrogen) atoms. The Balaban J connectivity index is 2.08. The van der Waals surface area contributed by atoms with E-state index in [9.17, 15) is 4.39 Å². The Morgan fingerprint density at radius 2 is 1.95 bits per heavy atom. The van der Waals surface area contributed by atoms with Gasteiger partial charge in [-0.15, -0.1) is 0 Å². The molecular formula is C16H17BrFNO. The first-order chi connectivity index (χ1) is 9.70. The van der Waals surface area contributed by atoms with Crippen LogP contribution in [0.4, 0.5) is 10.1 Å². The summed E-state index contributed by atoms with van der Waals surface area (Å²) in [5, 5.41) is 3.29. The predicted molar refractivity (Wildman–Crippen MR) is 83.4 cm³/mol. The zero-order chi connectivity index (χ0) is 14.4. The summed E-state index contributed by atoms with van der Waals surface area (Å²) in [6, 6.07) is 13.0. The average molecular weight is 338 g/mol. The fourth-order valence-electron chi connectivity index (χ4n) is 1.99. The number of hydrogen-bond acceptors (Lipinski definition) is 2. The maximum absolute atomic E-state index is 13.7. The third kappa shape index (κ3) is 4.05. The molecule has 0 radical (unpaired) electrons. The Hall–Kier alpha value is -1.39. The molecule has 0 fully saturated rings. The van der Waals surface area contributed by atoms with Gasteiger partial charge in [0.05, 0.1) is 6.61 Å². The molecular weight excluding hydrogens is 321 g/mol. The van der Waals surface area contributed by atoms with Crippen LogP contribution in [0.1, 0.15) is 11.1 Å². The topological polar surface area (TPSA) is 21.3 Å². The number of methoxy groups -OCH3 is 1. The Morgan fingerprint density at radius 1 is 1.15 bits per heavy atom. The summed E-state index contributed by atoms with van der Waals surface area (Å²) in [4.78, 5) is 0. The van der Waals surface area contributed by atoms with Crippen LogP contribution in [0.5, 0.6) is 0 Å². The number of halogens is 2. The molecule has 0 amide bonds. The van der Waals surface area contributed by atoms with Gasteiger partial charge in [-0.2, -0.15) is 0 Å². The van der Waals surface area contributed by atoms with Crippen molar-refractivity contribution in [3.05, 3.63) is 63.9 Å². The van der Waals surface area contributed by atoms with Gasteiger partial charge in [0.25, 0.3) is 0 Å². The van der Waals surface area contributed by atoms with Crippen molar-refractivity contribution >= 4 is 21.6 Å². The van der Waals surface area contributed by atoms with E-state index in [4.69, 9.17) is 4.74 Å². The van der Waals surface area contributed by atoms with Crippen molar-refractivity contribution in [1.82, 2.24) is 0 Å². The molecule has 4 heteroatoms. The SMILES string of the molecule is COCCc1ccccc1NCc1cc(Br)ccc1F. The minimum absolute atomic E-state index is 0.199. The van der Waals surface area contributed by atoms with E-state index in [1.165, 1.54) is 11.6 Å². The Morgan fingerprint density at radius 3 is 2.75 bits per heavy atom. The molecule has 0 atom stereocenters. The zero-order valence-corrected chi connectivity index (χ0v) is 12.9. The van der Waals surface area contributed by atoms with Crippen LogP contribution in [0.15, 0.2) is 46.9 Å². The molecule has 0 saturated heterocycles. The van der Waals surface area contributed by atoms with Crippen LogP contribution in [0, 0.1) is 5.82 Å². The molecule has 0 heterocycles. The Labute approximate surface area is 127 Å². The molecule has 2 rings (SSSR count). The van der Waals surface area contributed by atoms with Gasteiger partial charge in [0, 0.05) is 29.4 Å². The molecule has 0 aliphatic heterocycles. The predicted octanol–water partition coefficient (Wildman–Crippen LogP) is 4.39. The summed E-state index contributed by atoms with van der Waals surface area (Å²) < 4.78 is 19.7. The molecule has 0 aromatic heterocycles. The summed E-state index contributed by atoms with van der Waals surface area (Å²) in [5.41, 5.74) is 2.83. The number of anilines is 1. The first kappa shape index (κ1) is 15.0. The van der Waals surface area contributed by atoms with Crippen LogP contribution in [0.3, 0.4) is 0 Å². The van der Waals surface area contributed by atoms with Gasteiger partial charge in [-0.25, -0.2) is 4.39 Å². The molecule has 106 valence electrons. The smallest absolute Gasteiger partial charge is 0.128 e. The quantitative estimate of drug-likeness (QED) is 0.844. The fourth-order valence-corrected chi connectivity index (χ4v) is 2.40. The van der Waals surface area contributed by atoms with Crippen molar-refractivity contribution in [2.24, 2.45) is 0 Å². The summed E-state index contributed by atoms with van der Waals surface area (Å²) in [6.07, 6.45) is 0.834. The van der Waals surface area contributed by atoms with E-state index >= 15 is 0 Å². The lowest BCUT2D eigenvalue weighted by molar-refractivity contribution is 0.202. The molecule has 0 aliphatic rings. The lowest BCUT2D eigenvalue weighted by Crippen LogP contribution is -2.05. The van der Waals surface area contributed by atoms with Crippen LogP contribution in [-0.4, -0.2) is 13.7 Å². The molecule has 2 nitrogen and oxygen atoms in total. The maximum Gasteiger partial charge on any atom is 0.128 e. The molecule has 0 spiro atoms. The van der Waals surface area contributed by atoms with E-state index < -0.39 is 0 Å². The van der Waals surface area contributed by atoms with Gasteiger partial charge in [0.2, 0.25) is 0 Å². The minimum atomic E-state index is -0.199. The van der Waals surface area contributed by atoms with E-state index in [2.05, 4.69) is 27.3 Å². The first-order valence-corrected chi connectivity index (χ1v) is 7.24. The van der Waals surface area contributed by atoms with Crippen LogP contribution < -0.4 is 5.32 Å². The third-order valence-electron chi connectivity index (χ3n) is 3.07. The molecule has 0 saturated carbocycles. The van der Waals surface area contributed by atoms with Gasteiger partial charge in [-0.3, -0.25) is 0 Å². The highest BCUT2D eigenvalue weighted by atomic mass is 79.9. The van der Waals surface area contributed by atoms with Crippen molar-refractivity contribution in [3.8, 4) is 0 Å². The Kier molecular flexibility index (Phi) is 5.56. The fraction of sp³-hybridized carbons (Fsp3) is 0.250. The molecule has 0 bridgehead atoms. The van der Waals surface area contributed by atoms with E-state index in [1.807, 2.05) is 18.2 Å². The minimum Gasteiger partial charge on any atom is -0.384 e. The van der Waals surface area contributed by atoms with Crippen LogP contribution in [-0.2, 0) is 17.7 Å². The number of para-hydroxylation sites is 1. The van der Waals surface area contributed by atoms with E-state index in [1.54, 1.807) is 19.2 Å². The average Bonchev–Trinajstić information content (AvgIpc) is 2.47. The van der Waals surface area contributed by atoms with Gasteiger partial charge in [-0.1, -0.05) is 34.1 Å². The van der Waals surface area contributed by atoms with Crippen LogP contribution in [0.25, 0.3) is 0 Å². The monoisotopic (exact) mass is 337 g/mol. The number of ether oxygens (including phenoxy) is 1. The normalized spacial score (nSPS) is 10.6. The second kappa shape index (κ2) is 7.41. The summed E-state index contributed by atoms with van der Waals surface area (Å²) in [5.74, 6) is -0.199. The molecule has 0 aliphatic carbocycles. The standard InChI is InChI=1S/C16H17BrFNO/c1-20-9-8-12-4-2-3-5-16(12)19-11-13-10-14(17)6-7-15(13)18/h2-7,10,19H,8-9,11H2,1H3. The second-order valence-electron chi connectivity index (χ2n) is 4.49. The Bertz CT molecular complexity index is 574. The highest BCUT2D eigenvalue weighted by Crippen LogP contribution is 2.20. The number of rotatable bonds is 6. The lowest BCUT2D eigenvalue weighted by Gasteiger charge is -2.12. The first-order valence-electron chi connectivity index (χ1n) is 6.45. The van der Waals surface area contributed by atoms with Gasteiger partial charge in [-0.05, 0) is 36.2 Å². The number of nitrogens with one attached hydrogen (secondary N) is 1. The van der Waals surface area contributed by atoms with Gasteiger partial charge < -0.3 is 10.1 Å². The van der Waals surface area contributed by atoms with Gasteiger partial charge >= 0.3 is 0 Å². The van der Waals surface area contributed by atoms with Crippen molar-refractivity contribution in [2.45, 2.75) is 13.0 Å². The molecule has 0 unspecified atom stereocenters. The largest absolute Gasteiger partial charge is 0.384 e. The zero-order valence-electron chi connectivity index (χ0n) is 11.3. The molecule has 1 N–H and O–H groups in total. The van der Waals surface area contributed by atoms with E-state index in [-0.39, 0.29) is 5.82 Å². The van der Waals surface area contributed by atoms with Crippen LogP contribution in [0.2, 0.25) is 0 Å². The second-order valence-corrected chi connectivity index (χ2v) is 5.40. The highest BCUT2D eigenvalue weighted by Gasteiger charge is 2.05. The van der Waals surface area contributed by atoms with Crippen molar-refractivity contribution in [2.75, 3.05) is 19.0 Å². The number of hydrogen-bond donors (Lipinski definition) is 1. The number of benzene rings is 2. The lowest BCUT2D eigenvalue weighted by atomic mass is 10.1. The van der Waals surface area contributed by atoms with Gasteiger partial charge in [0.1, 0.15) is 5.82 Å². The van der Waals surface area contributed by atoms with Crippen molar-refractivity contribution in [1.29, 1.82) is 0 Å². The van der Waals surface area contributed by atoms with E-state index in [0.29, 0.717) is 18.7 Å². The summed E-state index contributed by atoms with van der Waals surface area (Å²) in [6.45, 7) is 1.12. The molecule has 2 aromatic carbocycles. The van der Waals surface area contributed by atoms with Crippen molar-refractivity contribution in [3.63, 3.8) is 0 Å². The highest BCUT2D eigenvalue weighted by molar-refractivity contribution is 9.10.